The first-order valence-corrected chi connectivity index (χ1v) is 7.65. The van der Waals surface area contributed by atoms with Crippen LogP contribution in [0.5, 0.6) is 0 Å². The van der Waals surface area contributed by atoms with Crippen molar-refractivity contribution in [2.75, 3.05) is 38.8 Å². The van der Waals surface area contributed by atoms with E-state index < -0.39 is 6.10 Å². The molecule has 1 aromatic rings. The molecule has 2 aliphatic heterocycles. The molecule has 3 unspecified atom stereocenters. The molecule has 1 N–H and O–H groups in total. The van der Waals surface area contributed by atoms with Gasteiger partial charge in [0.25, 0.3) is 0 Å². The van der Waals surface area contributed by atoms with E-state index >= 15 is 0 Å². The number of aromatic nitrogens is 1. The first-order valence-electron chi connectivity index (χ1n) is 7.65. The Labute approximate surface area is 126 Å². The van der Waals surface area contributed by atoms with Crippen LogP contribution in [0.1, 0.15) is 29.8 Å². The van der Waals surface area contributed by atoms with Crippen molar-refractivity contribution in [3.8, 4) is 0 Å². The number of fused-ring (bicyclic) bond motifs is 3. The Kier molecular flexibility index (Phi) is 3.90. The lowest BCUT2D eigenvalue weighted by Gasteiger charge is -2.42. The van der Waals surface area contributed by atoms with Gasteiger partial charge < -0.3 is 19.6 Å². The summed E-state index contributed by atoms with van der Waals surface area (Å²) >= 11 is 0. The monoisotopic (exact) mass is 291 g/mol. The lowest BCUT2D eigenvalue weighted by Crippen LogP contribution is -2.55. The maximum absolute atomic E-state index is 10.2. The summed E-state index contributed by atoms with van der Waals surface area (Å²) < 4.78 is 5.05. The molecule has 5 nitrogen and oxygen atoms in total. The van der Waals surface area contributed by atoms with Gasteiger partial charge in [0.2, 0.25) is 0 Å². The quantitative estimate of drug-likeness (QED) is 0.905. The molecule has 3 rings (SSSR count). The lowest BCUT2D eigenvalue weighted by molar-refractivity contribution is 0.0617. The van der Waals surface area contributed by atoms with Crippen molar-refractivity contribution in [1.82, 2.24) is 9.88 Å². The number of aliphatic hydroxyl groups is 1. The number of aryl methyl sites for hydroxylation is 1. The van der Waals surface area contributed by atoms with E-state index in [1.807, 2.05) is 6.07 Å². The van der Waals surface area contributed by atoms with Crippen LogP contribution < -0.4 is 4.90 Å². The molecule has 0 amide bonds. The van der Waals surface area contributed by atoms with Crippen LogP contribution in [-0.2, 0) is 11.2 Å². The molecule has 0 aromatic carbocycles. The van der Waals surface area contributed by atoms with Crippen molar-refractivity contribution in [2.45, 2.75) is 38.5 Å². The number of rotatable bonds is 3. The molecular formula is C16H25N3O2. The topological polar surface area (TPSA) is 48.8 Å². The van der Waals surface area contributed by atoms with Crippen LogP contribution in [0.4, 0.5) is 5.82 Å². The van der Waals surface area contributed by atoms with E-state index in [2.05, 4.69) is 30.7 Å². The third-order valence-electron chi connectivity index (χ3n) is 4.66. The van der Waals surface area contributed by atoms with Gasteiger partial charge in [-0.15, -0.1) is 0 Å². The first-order chi connectivity index (χ1) is 10.0. The molecule has 116 valence electrons. The first kappa shape index (κ1) is 14.8. The highest BCUT2D eigenvalue weighted by Crippen LogP contribution is 2.37. The van der Waals surface area contributed by atoms with Crippen molar-refractivity contribution in [2.24, 2.45) is 0 Å². The number of hydrogen-bond donors (Lipinski definition) is 1. The highest BCUT2D eigenvalue weighted by atomic mass is 16.5. The van der Waals surface area contributed by atoms with E-state index in [0.29, 0.717) is 12.1 Å². The molecule has 3 heterocycles. The van der Waals surface area contributed by atoms with Gasteiger partial charge in [-0.05, 0) is 44.5 Å². The third-order valence-corrected chi connectivity index (χ3v) is 4.66. The smallest absolute Gasteiger partial charge is 0.133 e. The van der Waals surface area contributed by atoms with E-state index in [1.54, 1.807) is 7.11 Å². The number of nitrogens with zero attached hydrogens (tertiary/aromatic N) is 3. The Bertz CT molecular complexity index is 534. The summed E-state index contributed by atoms with van der Waals surface area (Å²) in [6.07, 6.45) is 0.407. The Morgan fingerprint density at radius 2 is 2.24 bits per heavy atom. The summed E-state index contributed by atoms with van der Waals surface area (Å²) in [5.74, 6) is 1.07. The number of aliphatic hydroxyl groups excluding tert-OH is 1. The van der Waals surface area contributed by atoms with Crippen LogP contribution >= 0.6 is 0 Å². The number of hydrogen-bond acceptors (Lipinski definition) is 5. The predicted molar refractivity (Wildman–Crippen MR) is 82.7 cm³/mol. The minimum atomic E-state index is -0.652. The van der Waals surface area contributed by atoms with Crippen LogP contribution in [0.3, 0.4) is 0 Å². The average Bonchev–Trinajstić information content (AvgIpc) is 2.77. The van der Waals surface area contributed by atoms with Crippen molar-refractivity contribution >= 4 is 5.82 Å². The normalized spacial score (nSPS) is 26.6. The van der Waals surface area contributed by atoms with Crippen LogP contribution in [0, 0.1) is 6.92 Å². The summed E-state index contributed by atoms with van der Waals surface area (Å²) in [4.78, 5) is 9.62. The van der Waals surface area contributed by atoms with Gasteiger partial charge in [-0.3, -0.25) is 0 Å². The highest BCUT2D eigenvalue weighted by molar-refractivity contribution is 5.59. The summed E-state index contributed by atoms with van der Waals surface area (Å²) in [6, 6.07) is 2.97. The number of methoxy groups -OCH3 is 1. The number of ether oxygens (including phenoxy) is 1. The third kappa shape index (κ3) is 2.54. The molecule has 1 aromatic heterocycles. The highest BCUT2D eigenvalue weighted by Gasteiger charge is 2.39. The molecule has 0 bridgehead atoms. The van der Waals surface area contributed by atoms with E-state index in [1.165, 1.54) is 11.1 Å². The predicted octanol–water partition coefficient (Wildman–Crippen LogP) is 1.13. The second-order valence-corrected chi connectivity index (χ2v) is 6.47. The van der Waals surface area contributed by atoms with Gasteiger partial charge in [-0.25, -0.2) is 4.98 Å². The largest absolute Gasteiger partial charge is 0.384 e. The van der Waals surface area contributed by atoms with Crippen LogP contribution in [-0.4, -0.2) is 60.9 Å². The fraction of sp³-hybridized carbons (Fsp3) is 0.688. The average molecular weight is 291 g/mol. The molecule has 0 radical (unpaired) electrons. The van der Waals surface area contributed by atoms with E-state index in [4.69, 9.17) is 9.72 Å². The SMILES string of the molecule is COCC(O)c1cc(C)c2c(n1)N1C(C)CN(C)CC1C2. The van der Waals surface area contributed by atoms with Crippen molar-refractivity contribution in [1.29, 1.82) is 0 Å². The van der Waals surface area contributed by atoms with E-state index in [-0.39, 0.29) is 6.61 Å². The molecule has 1 saturated heterocycles. The number of pyridine rings is 1. The molecule has 3 atom stereocenters. The van der Waals surface area contributed by atoms with Gasteiger partial charge in [0, 0.05) is 32.3 Å². The second-order valence-electron chi connectivity index (χ2n) is 6.47. The van der Waals surface area contributed by atoms with Crippen molar-refractivity contribution < 1.29 is 9.84 Å². The molecular weight excluding hydrogens is 266 g/mol. The van der Waals surface area contributed by atoms with Gasteiger partial charge in [-0.1, -0.05) is 0 Å². The fourth-order valence-corrected chi connectivity index (χ4v) is 3.79. The Hall–Kier alpha value is -1.17. The standard InChI is InChI=1S/C16H25N3O2/c1-10-5-14(15(20)9-21-4)17-16-13(10)6-12-8-18(3)7-11(2)19(12)16/h5,11-12,15,20H,6-9H2,1-4H3. The number of piperazine rings is 1. The second kappa shape index (κ2) is 5.55. The summed E-state index contributed by atoms with van der Waals surface area (Å²) in [5, 5.41) is 10.2. The van der Waals surface area contributed by atoms with Gasteiger partial charge in [0.1, 0.15) is 11.9 Å². The number of likely N-dealkylation sites (N-methyl/N-ethyl adjacent to an activating group) is 1. The Morgan fingerprint density at radius 3 is 2.95 bits per heavy atom. The van der Waals surface area contributed by atoms with Gasteiger partial charge >= 0.3 is 0 Å². The van der Waals surface area contributed by atoms with Crippen LogP contribution in [0.25, 0.3) is 0 Å². The van der Waals surface area contributed by atoms with E-state index in [0.717, 1.165) is 31.0 Å². The molecule has 0 saturated carbocycles. The molecule has 21 heavy (non-hydrogen) atoms. The zero-order chi connectivity index (χ0) is 15.1. The Morgan fingerprint density at radius 1 is 1.48 bits per heavy atom. The van der Waals surface area contributed by atoms with Crippen molar-refractivity contribution in [3.05, 3.63) is 22.9 Å². The molecule has 0 spiro atoms. The molecule has 1 fully saturated rings. The van der Waals surface area contributed by atoms with Gasteiger partial charge in [-0.2, -0.15) is 0 Å². The lowest BCUT2D eigenvalue weighted by atomic mass is 10.0. The summed E-state index contributed by atoms with van der Waals surface area (Å²) in [5.41, 5.74) is 3.30. The minimum absolute atomic E-state index is 0.285. The number of anilines is 1. The van der Waals surface area contributed by atoms with Gasteiger partial charge in [0.15, 0.2) is 0 Å². The van der Waals surface area contributed by atoms with Crippen LogP contribution in [0.2, 0.25) is 0 Å². The zero-order valence-electron chi connectivity index (χ0n) is 13.3. The minimum Gasteiger partial charge on any atom is -0.384 e. The van der Waals surface area contributed by atoms with Crippen molar-refractivity contribution in [3.63, 3.8) is 0 Å². The maximum Gasteiger partial charge on any atom is 0.133 e. The fourth-order valence-electron chi connectivity index (χ4n) is 3.79. The van der Waals surface area contributed by atoms with Gasteiger partial charge in [0.05, 0.1) is 12.3 Å². The maximum atomic E-state index is 10.2. The molecule has 5 heteroatoms. The summed E-state index contributed by atoms with van der Waals surface area (Å²) in [6.45, 7) is 6.80. The van der Waals surface area contributed by atoms with Crippen LogP contribution in [0.15, 0.2) is 6.07 Å². The zero-order valence-corrected chi connectivity index (χ0v) is 13.3. The molecule has 0 aliphatic carbocycles. The summed E-state index contributed by atoms with van der Waals surface area (Å²) in [7, 11) is 3.78. The Balaban J connectivity index is 1.97. The van der Waals surface area contributed by atoms with E-state index in [9.17, 15) is 5.11 Å². The molecule has 2 aliphatic rings.